The highest BCUT2D eigenvalue weighted by molar-refractivity contribution is 5.96. The predicted molar refractivity (Wildman–Crippen MR) is 112 cm³/mol. The van der Waals surface area contributed by atoms with Gasteiger partial charge < -0.3 is 14.5 Å². The Kier molecular flexibility index (Phi) is 5.87. The van der Waals surface area contributed by atoms with Crippen LogP contribution in [-0.4, -0.2) is 76.7 Å². The van der Waals surface area contributed by atoms with Crippen LogP contribution in [0, 0.1) is 0 Å². The Bertz CT molecular complexity index is 964. The van der Waals surface area contributed by atoms with Gasteiger partial charge in [-0.25, -0.2) is 9.97 Å². The van der Waals surface area contributed by atoms with Crippen molar-refractivity contribution in [3.05, 3.63) is 54.5 Å². The maximum atomic E-state index is 13.2. The molecule has 29 heavy (non-hydrogen) atoms. The van der Waals surface area contributed by atoms with Gasteiger partial charge in [-0.15, -0.1) is 0 Å². The normalized spacial score (nSPS) is 16.6. The third-order valence-electron chi connectivity index (χ3n) is 5.22. The van der Waals surface area contributed by atoms with E-state index in [-0.39, 0.29) is 12.0 Å². The Morgan fingerprint density at radius 3 is 2.76 bits per heavy atom. The van der Waals surface area contributed by atoms with Gasteiger partial charge in [0.05, 0.1) is 11.7 Å². The van der Waals surface area contributed by atoms with Crippen LogP contribution < -0.4 is 0 Å². The molecule has 3 aromatic rings. The van der Waals surface area contributed by atoms with Crippen molar-refractivity contribution >= 4 is 17.1 Å². The van der Waals surface area contributed by atoms with E-state index in [1.807, 2.05) is 60.0 Å². The Morgan fingerprint density at radius 1 is 1.21 bits per heavy atom. The van der Waals surface area contributed by atoms with Crippen LogP contribution in [0.1, 0.15) is 23.2 Å². The van der Waals surface area contributed by atoms with Gasteiger partial charge in [0, 0.05) is 38.1 Å². The van der Waals surface area contributed by atoms with E-state index in [0.717, 1.165) is 37.3 Å². The molecule has 0 aliphatic carbocycles. The molecule has 0 radical (unpaired) electrons. The fraction of sp³-hybridized carbons (Fsp3) is 0.409. The molecule has 1 aromatic carbocycles. The fourth-order valence-electron chi connectivity index (χ4n) is 3.61. The molecule has 1 fully saturated rings. The third kappa shape index (κ3) is 4.46. The Labute approximate surface area is 170 Å². The first-order chi connectivity index (χ1) is 14.1. The molecular weight excluding hydrogens is 366 g/mol. The number of rotatable bonds is 7. The largest absolute Gasteiger partial charge is 0.376 e. The summed E-state index contributed by atoms with van der Waals surface area (Å²) >= 11 is 0. The lowest BCUT2D eigenvalue weighted by atomic mass is 10.2. The summed E-state index contributed by atoms with van der Waals surface area (Å²) in [5, 5.41) is 0. The molecule has 7 heteroatoms. The van der Waals surface area contributed by atoms with E-state index in [1.54, 1.807) is 12.5 Å². The number of para-hydroxylation sites is 1. The van der Waals surface area contributed by atoms with E-state index >= 15 is 0 Å². The average molecular weight is 393 g/mol. The molecule has 1 unspecified atom stereocenters. The summed E-state index contributed by atoms with van der Waals surface area (Å²) in [4.78, 5) is 26.2. The first-order valence-corrected chi connectivity index (χ1v) is 10.1. The van der Waals surface area contributed by atoms with Gasteiger partial charge in [0.2, 0.25) is 0 Å². The van der Waals surface area contributed by atoms with E-state index in [9.17, 15) is 4.79 Å². The number of fused-ring (bicyclic) bond motifs is 1. The lowest BCUT2D eigenvalue weighted by Crippen LogP contribution is -2.41. The second-order valence-electron chi connectivity index (χ2n) is 7.71. The minimum absolute atomic E-state index is 0.0222. The molecule has 1 amide bonds. The topological polar surface area (TPSA) is 63.5 Å². The number of likely N-dealkylation sites (N-methyl/N-ethyl adjacent to an activating group) is 1. The number of amides is 1. The summed E-state index contributed by atoms with van der Waals surface area (Å²) < 4.78 is 7.69. The van der Waals surface area contributed by atoms with Crippen LogP contribution in [0.5, 0.6) is 0 Å². The molecule has 152 valence electrons. The van der Waals surface area contributed by atoms with Gasteiger partial charge in [-0.2, -0.15) is 0 Å². The van der Waals surface area contributed by atoms with Gasteiger partial charge >= 0.3 is 0 Å². The van der Waals surface area contributed by atoms with Crippen molar-refractivity contribution < 1.29 is 9.53 Å². The van der Waals surface area contributed by atoms with E-state index in [2.05, 4.69) is 14.9 Å². The standard InChI is InChI=1S/C22H27N5O2/c1-25(2)10-11-26(15-19-9-6-12-29-19)22(28)17-13-20-21(23-14-17)27(16-24-20)18-7-4-3-5-8-18/h3-5,7-8,13-14,16,19H,6,9-12,15H2,1-2H3. The highest BCUT2D eigenvalue weighted by Gasteiger charge is 2.24. The molecule has 0 bridgehead atoms. The van der Waals surface area contributed by atoms with Gasteiger partial charge in [-0.05, 0) is 45.1 Å². The van der Waals surface area contributed by atoms with Crippen molar-refractivity contribution in [1.29, 1.82) is 0 Å². The number of ether oxygens (including phenoxy) is 1. The van der Waals surface area contributed by atoms with Gasteiger partial charge in [0.1, 0.15) is 11.8 Å². The summed E-state index contributed by atoms with van der Waals surface area (Å²) in [6.45, 7) is 2.85. The monoisotopic (exact) mass is 393 g/mol. The number of pyridine rings is 1. The van der Waals surface area contributed by atoms with Gasteiger partial charge in [-0.1, -0.05) is 18.2 Å². The number of hydrogen-bond acceptors (Lipinski definition) is 5. The molecule has 3 heterocycles. The predicted octanol–water partition coefficient (Wildman–Crippen LogP) is 2.60. The second-order valence-corrected chi connectivity index (χ2v) is 7.71. The maximum absolute atomic E-state index is 13.2. The van der Waals surface area contributed by atoms with Crippen LogP contribution in [0.3, 0.4) is 0 Å². The van der Waals surface area contributed by atoms with E-state index in [0.29, 0.717) is 24.2 Å². The summed E-state index contributed by atoms with van der Waals surface area (Å²) in [7, 11) is 4.02. The number of imidazole rings is 1. The minimum Gasteiger partial charge on any atom is -0.376 e. The third-order valence-corrected chi connectivity index (χ3v) is 5.22. The highest BCUT2D eigenvalue weighted by atomic mass is 16.5. The first-order valence-electron chi connectivity index (χ1n) is 10.1. The molecule has 7 nitrogen and oxygen atoms in total. The summed E-state index contributed by atoms with van der Waals surface area (Å²) in [5.41, 5.74) is 3.01. The molecule has 4 rings (SSSR count). The lowest BCUT2D eigenvalue weighted by molar-refractivity contribution is 0.0512. The van der Waals surface area contributed by atoms with Crippen molar-refractivity contribution in [2.75, 3.05) is 40.3 Å². The smallest absolute Gasteiger partial charge is 0.255 e. The Morgan fingerprint density at radius 2 is 2.03 bits per heavy atom. The van der Waals surface area contributed by atoms with Gasteiger partial charge in [0.15, 0.2) is 5.65 Å². The summed E-state index contributed by atoms with van der Waals surface area (Å²) in [6.07, 6.45) is 5.59. The van der Waals surface area contributed by atoms with E-state index < -0.39 is 0 Å². The number of carbonyl (C=O) groups is 1. The van der Waals surface area contributed by atoms with Crippen LogP contribution in [0.15, 0.2) is 48.9 Å². The second kappa shape index (κ2) is 8.71. The van der Waals surface area contributed by atoms with Gasteiger partial charge in [0.25, 0.3) is 5.91 Å². The molecule has 1 saturated heterocycles. The molecule has 2 aromatic heterocycles. The van der Waals surface area contributed by atoms with Crippen molar-refractivity contribution in [3.63, 3.8) is 0 Å². The maximum Gasteiger partial charge on any atom is 0.255 e. The zero-order valence-corrected chi connectivity index (χ0v) is 17.0. The molecule has 1 aliphatic rings. The van der Waals surface area contributed by atoms with Crippen LogP contribution in [0.25, 0.3) is 16.9 Å². The molecule has 1 aliphatic heterocycles. The van der Waals surface area contributed by atoms with Crippen molar-refractivity contribution in [1.82, 2.24) is 24.3 Å². The van der Waals surface area contributed by atoms with Crippen LogP contribution in [-0.2, 0) is 4.74 Å². The summed E-state index contributed by atoms with van der Waals surface area (Å²) in [5.74, 6) is -0.0222. The fourth-order valence-corrected chi connectivity index (χ4v) is 3.61. The first kappa shape index (κ1) is 19.5. The highest BCUT2D eigenvalue weighted by Crippen LogP contribution is 2.19. The minimum atomic E-state index is -0.0222. The number of carbonyl (C=O) groups excluding carboxylic acids is 1. The number of nitrogens with zero attached hydrogens (tertiary/aromatic N) is 5. The van der Waals surface area contributed by atoms with Crippen molar-refractivity contribution in [2.45, 2.75) is 18.9 Å². The molecule has 1 atom stereocenters. The quantitative estimate of drug-likeness (QED) is 0.617. The molecular formula is C22H27N5O2. The zero-order chi connectivity index (χ0) is 20.2. The average Bonchev–Trinajstić information content (AvgIpc) is 3.40. The van der Waals surface area contributed by atoms with E-state index in [4.69, 9.17) is 4.74 Å². The van der Waals surface area contributed by atoms with Crippen LogP contribution in [0.4, 0.5) is 0 Å². The number of benzene rings is 1. The zero-order valence-electron chi connectivity index (χ0n) is 17.0. The summed E-state index contributed by atoms with van der Waals surface area (Å²) in [6, 6.07) is 11.8. The van der Waals surface area contributed by atoms with E-state index in [1.165, 1.54) is 0 Å². The van der Waals surface area contributed by atoms with Crippen molar-refractivity contribution in [2.24, 2.45) is 0 Å². The lowest BCUT2D eigenvalue weighted by Gasteiger charge is -2.26. The van der Waals surface area contributed by atoms with Gasteiger partial charge in [-0.3, -0.25) is 9.36 Å². The van der Waals surface area contributed by atoms with Crippen LogP contribution >= 0.6 is 0 Å². The number of hydrogen-bond donors (Lipinski definition) is 0. The molecule has 0 saturated carbocycles. The van der Waals surface area contributed by atoms with Crippen molar-refractivity contribution in [3.8, 4) is 5.69 Å². The Hall–Kier alpha value is -2.77. The SMILES string of the molecule is CN(C)CCN(CC1CCCO1)C(=O)c1cnc2c(c1)ncn2-c1ccccc1. The Balaban J connectivity index is 1.58. The van der Waals surface area contributed by atoms with Crippen LogP contribution in [0.2, 0.25) is 0 Å². The molecule has 0 spiro atoms. The number of aromatic nitrogens is 3. The molecule has 0 N–H and O–H groups in total.